The van der Waals surface area contributed by atoms with Gasteiger partial charge in [0.05, 0.1) is 19.8 Å². The molecule has 1 aliphatic heterocycles. The Morgan fingerprint density at radius 1 is 1.39 bits per heavy atom. The lowest BCUT2D eigenvalue weighted by Crippen LogP contribution is -2.37. The molecular formula is C17H21NO5. The number of aliphatic hydroxyl groups is 1. The van der Waals surface area contributed by atoms with Gasteiger partial charge in [-0.05, 0) is 31.5 Å². The minimum atomic E-state index is -0.458. The monoisotopic (exact) mass is 319 g/mol. The molecule has 1 aliphatic rings. The van der Waals surface area contributed by atoms with Gasteiger partial charge >= 0.3 is 5.97 Å². The highest BCUT2D eigenvalue weighted by Crippen LogP contribution is 2.30. The molecule has 1 aromatic rings. The summed E-state index contributed by atoms with van der Waals surface area (Å²) in [5, 5.41) is 9.49. The highest BCUT2D eigenvalue weighted by Gasteiger charge is 2.31. The summed E-state index contributed by atoms with van der Waals surface area (Å²) in [5.41, 5.74) is 1.55. The minimum absolute atomic E-state index is 0.0776. The van der Waals surface area contributed by atoms with Crippen LogP contribution in [0.2, 0.25) is 0 Å². The highest BCUT2D eigenvalue weighted by atomic mass is 16.6. The van der Waals surface area contributed by atoms with E-state index in [1.165, 1.54) is 20.1 Å². The average molecular weight is 319 g/mol. The number of esters is 1. The Morgan fingerprint density at radius 3 is 2.70 bits per heavy atom. The summed E-state index contributed by atoms with van der Waals surface area (Å²) in [5.74, 6) is -0.0589. The molecule has 23 heavy (non-hydrogen) atoms. The summed E-state index contributed by atoms with van der Waals surface area (Å²) in [7, 11) is 1.45. The lowest BCUT2D eigenvalue weighted by molar-refractivity contribution is -0.132. The van der Waals surface area contributed by atoms with Crippen molar-refractivity contribution in [2.24, 2.45) is 0 Å². The van der Waals surface area contributed by atoms with Crippen molar-refractivity contribution in [2.45, 2.75) is 26.3 Å². The smallest absolute Gasteiger partial charge is 0.308 e. The number of aliphatic hydroxyl groups excluding tert-OH is 1. The summed E-state index contributed by atoms with van der Waals surface area (Å²) >= 11 is 0. The van der Waals surface area contributed by atoms with Crippen molar-refractivity contribution in [2.75, 3.05) is 20.3 Å². The quantitative estimate of drug-likeness (QED) is 0.520. The van der Waals surface area contributed by atoms with Crippen LogP contribution >= 0.6 is 0 Å². The van der Waals surface area contributed by atoms with E-state index in [9.17, 15) is 14.7 Å². The van der Waals surface area contributed by atoms with Crippen LogP contribution in [0.1, 0.15) is 30.6 Å². The molecular weight excluding hydrogens is 298 g/mol. The van der Waals surface area contributed by atoms with Crippen molar-refractivity contribution in [3.05, 3.63) is 35.4 Å². The lowest BCUT2D eigenvalue weighted by Gasteiger charge is -2.23. The van der Waals surface area contributed by atoms with Gasteiger partial charge in [-0.2, -0.15) is 0 Å². The van der Waals surface area contributed by atoms with E-state index in [2.05, 4.69) is 0 Å². The molecule has 0 aromatic heterocycles. The van der Waals surface area contributed by atoms with Gasteiger partial charge in [-0.3, -0.25) is 9.59 Å². The van der Waals surface area contributed by atoms with E-state index in [1.54, 1.807) is 17.0 Å². The number of benzene rings is 1. The Balaban J connectivity index is 2.27. The van der Waals surface area contributed by atoms with Crippen molar-refractivity contribution < 1.29 is 24.2 Å². The summed E-state index contributed by atoms with van der Waals surface area (Å²) < 4.78 is 10.2. The third kappa shape index (κ3) is 3.71. The Labute approximate surface area is 135 Å². The number of carbonyl (C=O) groups is 2. The summed E-state index contributed by atoms with van der Waals surface area (Å²) in [6.45, 7) is 3.65. The molecule has 6 nitrogen and oxygen atoms in total. The molecule has 1 amide bonds. The molecule has 0 bridgehead atoms. The molecule has 0 radical (unpaired) electrons. The van der Waals surface area contributed by atoms with E-state index in [-0.39, 0.29) is 24.3 Å². The van der Waals surface area contributed by atoms with Crippen LogP contribution in [0.5, 0.6) is 11.5 Å². The lowest BCUT2D eigenvalue weighted by atomic mass is 10.1. The van der Waals surface area contributed by atoms with Crippen LogP contribution in [-0.2, 0) is 4.79 Å². The fraction of sp³-hybridized carbons (Fsp3) is 0.412. The number of ether oxygens (including phenoxy) is 2. The van der Waals surface area contributed by atoms with Gasteiger partial charge in [0.2, 0.25) is 0 Å². The number of nitrogens with zero attached hydrogens (tertiary/aromatic N) is 1. The standard InChI is InChI=1S/C17H21NO5/c1-4-12-7-14(10-19)18(9-12)17(21)13-5-6-15(23-11(2)20)16(8-13)22-3/h4-6,8,14,19H,7,9-10H2,1-3H3. The molecule has 2 rings (SSSR count). The molecule has 1 saturated heterocycles. The SMILES string of the molecule is CC=C1CC(CO)N(C(=O)c2ccc(OC(C)=O)c(OC)c2)C1. The third-order valence-corrected chi connectivity index (χ3v) is 3.86. The first-order chi connectivity index (χ1) is 11.0. The number of amides is 1. The maximum absolute atomic E-state index is 12.7. The number of hydrogen-bond acceptors (Lipinski definition) is 5. The van der Waals surface area contributed by atoms with E-state index < -0.39 is 5.97 Å². The molecule has 0 saturated carbocycles. The highest BCUT2D eigenvalue weighted by molar-refractivity contribution is 5.95. The van der Waals surface area contributed by atoms with Gasteiger partial charge in [0.15, 0.2) is 11.5 Å². The Kier molecular flexibility index (Phi) is 5.39. The number of hydrogen-bond donors (Lipinski definition) is 1. The van der Waals surface area contributed by atoms with Crippen molar-refractivity contribution in [1.82, 2.24) is 4.90 Å². The molecule has 1 N–H and O–H groups in total. The van der Waals surface area contributed by atoms with Crippen molar-refractivity contribution >= 4 is 11.9 Å². The van der Waals surface area contributed by atoms with Gasteiger partial charge in [0.25, 0.3) is 5.91 Å². The van der Waals surface area contributed by atoms with Gasteiger partial charge in [0.1, 0.15) is 0 Å². The van der Waals surface area contributed by atoms with Crippen molar-refractivity contribution in [3.8, 4) is 11.5 Å². The van der Waals surface area contributed by atoms with Gasteiger partial charge < -0.3 is 19.5 Å². The van der Waals surface area contributed by atoms with Crippen molar-refractivity contribution in [3.63, 3.8) is 0 Å². The Bertz CT molecular complexity index is 638. The second-order valence-electron chi connectivity index (χ2n) is 5.38. The third-order valence-electron chi connectivity index (χ3n) is 3.86. The van der Waals surface area contributed by atoms with Gasteiger partial charge in [-0.15, -0.1) is 0 Å². The normalized spacial score (nSPS) is 19.0. The zero-order valence-electron chi connectivity index (χ0n) is 13.5. The Hall–Kier alpha value is -2.34. The molecule has 1 unspecified atom stereocenters. The second-order valence-corrected chi connectivity index (χ2v) is 5.38. The predicted octanol–water partition coefficient (Wildman–Crippen LogP) is 1.77. The van der Waals surface area contributed by atoms with E-state index in [0.717, 1.165) is 5.57 Å². The first-order valence-corrected chi connectivity index (χ1v) is 7.42. The van der Waals surface area contributed by atoms with Crippen LogP contribution in [0.4, 0.5) is 0 Å². The molecule has 0 aliphatic carbocycles. The zero-order chi connectivity index (χ0) is 17.0. The molecule has 124 valence electrons. The van der Waals surface area contributed by atoms with Gasteiger partial charge in [0, 0.05) is 19.0 Å². The van der Waals surface area contributed by atoms with Gasteiger partial charge in [-0.1, -0.05) is 11.6 Å². The van der Waals surface area contributed by atoms with Crippen molar-refractivity contribution in [1.29, 1.82) is 0 Å². The van der Waals surface area contributed by atoms with Crippen LogP contribution in [0.15, 0.2) is 29.8 Å². The molecule has 1 heterocycles. The fourth-order valence-corrected chi connectivity index (χ4v) is 2.64. The van der Waals surface area contributed by atoms with Crippen LogP contribution in [-0.4, -0.2) is 48.2 Å². The van der Waals surface area contributed by atoms with Crippen LogP contribution in [0.3, 0.4) is 0 Å². The number of carbonyl (C=O) groups excluding carboxylic acids is 2. The number of rotatable bonds is 4. The molecule has 1 atom stereocenters. The van der Waals surface area contributed by atoms with Crippen LogP contribution in [0, 0.1) is 0 Å². The fourth-order valence-electron chi connectivity index (χ4n) is 2.64. The van der Waals surface area contributed by atoms with Crippen LogP contribution in [0.25, 0.3) is 0 Å². The summed E-state index contributed by atoms with van der Waals surface area (Å²) in [4.78, 5) is 25.4. The molecule has 6 heteroatoms. The number of methoxy groups -OCH3 is 1. The largest absolute Gasteiger partial charge is 0.493 e. The zero-order valence-corrected chi connectivity index (χ0v) is 13.5. The van der Waals surface area contributed by atoms with E-state index in [1.807, 2.05) is 13.0 Å². The van der Waals surface area contributed by atoms with E-state index in [0.29, 0.717) is 24.3 Å². The molecule has 1 aromatic carbocycles. The maximum Gasteiger partial charge on any atom is 0.308 e. The van der Waals surface area contributed by atoms with Crippen LogP contribution < -0.4 is 9.47 Å². The number of allylic oxidation sites excluding steroid dienone is 1. The van der Waals surface area contributed by atoms with E-state index >= 15 is 0 Å². The molecule has 1 fully saturated rings. The predicted molar refractivity (Wildman–Crippen MR) is 84.6 cm³/mol. The van der Waals surface area contributed by atoms with Gasteiger partial charge in [-0.25, -0.2) is 0 Å². The topological polar surface area (TPSA) is 76.1 Å². The first-order valence-electron chi connectivity index (χ1n) is 7.42. The Morgan fingerprint density at radius 2 is 2.13 bits per heavy atom. The van der Waals surface area contributed by atoms with E-state index in [4.69, 9.17) is 9.47 Å². The average Bonchev–Trinajstić information content (AvgIpc) is 2.97. The second kappa shape index (κ2) is 7.28. The number of likely N-dealkylation sites (tertiary alicyclic amines) is 1. The summed E-state index contributed by atoms with van der Waals surface area (Å²) in [6, 6.07) is 4.45. The summed E-state index contributed by atoms with van der Waals surface area (Å²) in [6.07, 6.45) is 2.65. The minimum Gasteiger partial charge on any atom is -0.493 e. The first kappa shape index (κ1) is 17.0. The molecule has 0 spiro atoms. The maximum atomic E-state index is 12.7.